The fourth-order valence-corrected chi connectivity index (χ4v) is 3.41. The lowest BCUT2D eigenvalue weighted by Crippen LogP contribution is -2.23. The number of benzene rings is 1. The number of carbonyl (C=O) groups excluding carboxylic acids is 1. The lowest BCUT2D eigenvalue weighted by atomic mass is 10.0. The molecule has 3 rings (SSSR count). The minimum absolute atomic E-state index is 0.0345. The van der Waals surface area contributed by atoms with Crippen molar-refractivity contribution >= 4 is 5.91 Å². The molecule has 0 unspecified atom stereocenters. The number of nitrogens with zero attached hydrogens (tertiary/aromatic N) is 2. The van der Waals surface area contributed by atoms with Gasteiger partial charge in [-0.2, -0.15) is 0 Å². The van der Waals surface area contributed by atoms with Gasteiger partial charge in [0, 0.05) is 25.7 Å². The Kier molecular flexibility index (Phi) is 5.66. The van der Waals surface area contributed by atoms with E-state index >= 15 is 0 Å². The van der Waals surface area contributed by atoms with Crippen molar-refractivity contribution in [2.75, 3.05) is 13.7 Å². The lowest BCUT2D eigenvalue weighted by molar-refractivity contribution is -0.119. The monoisotopic (exact) mass is 339 g/mol. The van der Waals surface area contributed by atoms with Crippen LogP contribution in [0.5, 0.6) is 5.75 Å². The van der Waals surface area contributed by atoms with Gasteiger partial charge in [-0.1, -0.05) is 12.1 Å². The maximum Gasteiger partial charge on any atom is 0.217 e. The molecule has 0 bridgehead atoms. The van der Waals surface area contributed by atoms with Crippen LogP contribution < -0.4 is 10.1 Å². The van der Waals surface area contributed by atoms with Crippen molar-refractivity contribution in [1.29, 1.82) is 0 Å². The third-order valence-corrected chi connectivity index (χ3v) is 4.63. The minimum atomic E-state index is -0.0345. The van der Waals surface area contributed by atoms with Crippen molar-refractivity contribution in [1.82, 2.24) is 15.2 Å². The molecular formula is C20H25N3O2. The standard InChI is InChI=1S/C20H25N3O2/c1-15(24)22-13-18-12-17(8-9-21-18)20-7-4-10-23(20)14-16-5-3-6-19(11-16)25-2/h3,5-6,8-9,11-12,20H,4,7,10,13-14H2,1-2H3,(H,22,24)/t20-/m1/s1. The first-order valence-corrected chi connectivity index (χ1v) is 8.72. The Morgan fingerprint density at radius 3 is 3.04 bits per heavy atom. The van der Waals surface area contributed by atoms with Crippen molar-refractivity contribution in [3.8, 4) is 5.75 Å². The smallest absolute Gasteiger partial charge is 0.217 e. The van der Waals surface area contributed by atoms with E-state index in [1.165, 1.54) is 24.5 Å². The van der Waals surface area contributed by atoms with Crippen LogP contribution in [0.25, 0.3) is 0 Å². The Hall–Kier alpha value is -2.40. The van der Waals surface area contributed by atoms with Crippen LogP contribution in [0.4, 0.5) is 0 Å². The van der Waals surface area contributed by atoms with E-state index in [1.807, 2.05) is 18.3 Å². The van der Waals surface area contributed by atoms with Crippen LogP contribution in [-0.2, 0) is 17.9 Å². The van der Waals surface area contributed by atoms with Gasteiger partial charge in [0.2, 0.25) is 5.91 Å². The number of methoxy groups -OCH3 is 1. The maximum atomic E-state index is 11.1. The summed E-state index contributed by atoms with van der Waals surface area (Å²) in [5.74, 6) is 0.863. The molecule has 0 radical (unpaired) electrons. The van der Waals surface area contributed by atoms with Crippen molar-refractivity contribution in [3.05, 3.63) is 59.4 Å². The van der Waals surface area contributed by atoms with Crippen molar-refractivity contribution < 1.29 is 9.53 Å². The Labute approximate surface area is 149 Å². The molecule has 1 fully saturated rings. The molecule has 0 saturated carbocycles. The highest BCUT2D eigenvalue weighted by atomic mass is 16.5. The Bertz CT molecular complexity index is 732. The average molecular weight is 339 g/mol. The van der Waals surface area contributed by atoms with E-state index in [1.54, 1.807) is 7.11 Å². The van der Waals surface area contributed by atoms with E-state index < -0.39 is 0 Å². The van der Waals surface area contributed by atoms with Crippen LogP contribution in [0.2, 0.25) is 0 Å². The predicted octanol–water partition coefficient (Wildman–Crippen LogP) is 3.06. The van der Waals surface area contributed by atoms with Gasteiger partial charge in [-0.05, 0) is 54.8 Å². The van der Waals surface area contributed by atoms with Gasteiger partial charge in [0.05, 0.1) is 19.3 Å². The number of nitrogens with one attached hydrogen (secondary N) is 1. The van der Waals surface area contributed by atoms with E-state index in [2.05, 4.69) is 39.5 Å². The summed E-state index contributed by atoms with van der Waals surface area (Å²) < 4.78 is 5.33. The molecule has 1 aliphatic heterocycles. The Morgan fingerprint density at radius 2 is 2.24 bits per heavy atom. The third kappa shape index (κ3) is 4.57. The zero-order valence-electron chi connectivity index (χ0n) is 14.9. The summed E-state index contributed by atoms with van der Waals surface area (Å²) in [6.45, 7) is 4.00. The van der Waals surface area contributed by atoms with Crippen LogP contribution >= 0.6 is 0 Å². The molecule has 5 heteroatoms. The normalized spacial score (nSPS) is 17.4. The van der Waals surface area contributed by atoms with Crippen LogP contribution in [0, 0.1) is 0 Å². The maximum absolute atomic E-state index is 11.1. The quantitative estimate of drug-likeness (QED) is 0.879. The number of carbonyl (C=O) groups is 1. The Balaban J connectivity index is 1.72. The van der Waals surface area contributed by atoms with Gasteiger partial charge in [0.1, 0.15) is 5.75 Å². The van der Waals surface area contributed by atoms with Crippen molar-refractivity contribution in [3.63, 3.8) is 0 Å². The second kappa shape index (κ2) is 8.12. The second-order valence-electron chi connectivity index (χ2n) is 6.47. The first-order chi connectivity index (χ1) is 12.2. The average Bonchev–Trinajstić information content (AvgIpc) is 3.08. The summed E-state index contributed by atoms with van der Waals surface area (Å²) in [5.41, 5.74) is 3.44. The molecule has 2 aromatic rings. The number of amides is 1. The van der Waals surface area contributed by atoms with E-state index in [-0.39, 0.29) is 5.91 Å². The molecule has 1 N–H and O–H groups in total. The molecule has 0 aliphatic carbocycles. The van der Waals surface area contributed by atoms with Crippen LogP contribution in [0.3, 0.4) is 0 Å². The molecule has 1 aliphatic rings. The number of likely N-dealkylation sites (tertiary alicyclic amines) is 1. The van der Waals surface area contributed by atoms with Gasteiger partial charge in [-0.3, -0.25) is 14.7 Å². The summed E-state index contributed by atoms with van der Waals surface area (Å²) in [6, 6.07) is 12.9. The zero-order valence-corrected chi connectivity index (χ0v) is 14.9. The highest BCUT2D eigenvalue weighted by Crippen LogP contribution is 2.33. The van der Waals surface area contributed by atoms with Crippen LogP contribution in [-0.4, -0.2) is 29.4 Å². The van der Waals surface area contributed by atoms with Crippen molar-refractivity contribution in [2.24, 2.45) is 0 Å². The SMILES string of the molecule is COc1cccc(CN2CCC[C@@H]2c2ccnc(CNC(C)=O)c2)c1. The molecule has 2 heterocycles. The fourth-order valence-electron chi connectivity index (χ4n) is 3.41. The van der Waals surface area contributed by atoms with Gasteiger partial charge >= 0.3 is 0 Å². The van der Waals surface area contributed by atoms with Gasteiger partial charge < -0.3 is 10.1 Å². The number of pyridine rings is 1. The number of hydrogen-bond acceptors (Lipinski definition) is 4. The molecule has 1 atom stereocenters. The van der Waals surface area contributed by atoms with E-state index in [9.17, 15) is 4.79 Å². The van der Waals surface area contributed by atoms with Crippen LogP contribution in [0.15, 0.2) is 42.6 Å². The molecule has 25 heavy (non-hydrogen) atoms. The molecule has 0 spiro atoms. The first kappa shape index (κ1) is 17.4. The number of aromatic nitrogens is 1. The molecule has 1 aromatic heterocycles. The molecule has 5 nitrogen and oxygen atoms in total. The minimum Gasteiger partial charge on any atom is -0.497 e. The fraction of sp³-hybridized carbons (Fsp3) is 0.400. The van der Waals surface area contributed by atoms with Gasteiger partial charge in [0.25, 0.3) is 0 Å². The highest BCUT2D eigenvalue weighted by Gasteiger charge is 2.26. The molecule has 1 aromatic carbocycles. The summed E-state index contributed by atoms with van der Waals surface area (Å²) in [7, 11) is 1.70. The molecule has 1 saturated heterocycles. The molecular weight excluding hydrogens is 314 g/mol. The molecule has 132 valence electrons. The van der Waals surface area contributed by atoms with Gasteiger partial charge in [-0.25, -0.2) is 0 Å². The van der Waals surface area contributed by atoms with Gasteiger partial charge in [-0.15, -0.1) is 0 Å². The van der Waals surface area contributed by atoms with Crippen molar-refractivity contribution in [2.45, 2.75) is 38.9 Å². The molecule has 1 amide bonds. The number of hydrogen-bond donors (Lipinski definition) is 1. The summed E-state index contributed by atoms with van der Waals surface area (Å²) in [6.07, 6.45) is 4.18. The van der Waals surface area contributed by atoms with Gasteiger partial charge in [0.15, 0.2) is 0 Å². The second-order valence-corrected chi connectivity index (χ2v) is 6.47. The van der Waals surface area contributed by atoms with Crippen LogP contribution in [0.1, 0.15) is 42.6 Å². The highest BCUT2D eigenvalue weighted by molar-refractivity contribution is 5.72. The Morgan fingerprint density at radius 1 is 1.36 bits per heavy atom. The lowest BCUT2D eigenvalue weighted by Gasteiger charge is -2.25. The van der Waals surface area contributed by atoms with E-state index in [4.69, 9.17) is 4.74 Å². The zero-order chi connectivity index (χ0) is 17.6. The number of ether oxygens (including phenoxy) is 1. The van der Waals surface area contributed by atoms with E-state index in [0.717, 1.165) is 31.0 Å². The first-order valence-electron chi connectivity index (χ1n) is 8.72. The summed E-state index contributed by atoms with van der Waals surface area (Å²) in [5, 5.41) is 2.81. The topological polar surface area (TPSA) is 54.5 Å². The third-order valence-electron chi connectivity index (χ3n) is 4.63. The summed E-state index contributed by atoms with van der Waals surface area (Å²) in [4.78, 5) is 18.0. The summed E-state index contributed by atoms with van der Waals surface area (Å²) >= 11 is 0. The largest absolute Gasteiger partial charge is 0.497 e. The van der Waals surface area contributed by atoms with E-state index in [0.29, 0.717) is 12.6 Å². The number of rotatable bonds is 6. The predicted molar refractivity (Wildman–Crippen MR) is 97.1 cm³/mol.